The molecule has 1 aliphatic rings. The van der Waals surface area contributed by atoms with Gasteiger partial charge >= 0.3 is 5.97 Å². The van der Waals surface area contributed by atoms with Crippen LogP contribution in [0.25, 0.3) is 0 Å². The molecule has 0 radical (unpaired) electrons. The largest absolute Gasteiger partial charge is 0.480 e. The Balaban J connectivity index is 1.92. The van der Waals surface area contributed by atoms with Crippen LogP contribution in [0.15, 0.2) is 12.1 Å². The zero-order valence-corrected chi connectivity index (χ0v) is 12.3. The topological polar surface area (TPSA) is 89.2 Å². The summed E-state index contributed by atoms with van der Waals surface area (Å²) >= 11 is 0. The Bertz CT molecular complexity index is 561. The van der Waals surface area contributed by atoms with Gasteiger partial charge < -0.3 is 10.4 Å². The van der Waals surface area contributed by atoms with E-state index in [1.807, 2.05) is 24.8 Å². The molecule has 1 aromatic heterocycles. The molecule has 0 unspecified atom stereocenters. The van der Waals surface area contributed by atoms with E-state index in [-0.39, 0.29) is 12.6 Å². The molecule has 112 valence electrons. The average Bonchev–Trinajstić information content (AvgIpc) is 2.40. The fraction of sp³-hybridized carbons (Fsp3) is 0.533. The second-order valence-electron chi connectivity index (χ2n) is 5.38. The number of nitrogens with zero attached hydrogens (tertiary/aromatic N) is 3. The highest BCUT2D eigenvalue weighted by molar-refractivity contribution is 5.69. The number of rotatable bonds is 6. The maximum absolute atomic E-state index is 10.8. The molecule has 6 heteroatoms. The maximum Gasteiger partial charge on any atom is 0.317 e. The van der Waals surface area contributed by atoms with Crippen molar-refractivity contribution in [1.29, 1.82) is 5.26 Å². The molecule has 1 fully saturated rings. The van der Waals surface area contributed by atoms with Gasteiger partial charge in [0, 0.05) is 17.8 Å². The number of anilines is 1. The van der Waals surface area contributed by atoms with Crippen LogP contribution in [0.1, 0.15) is 31.0 Å². The first-order chi connectivity index (χ1) is 10.0. The molecule has 0 aliphatic heterocycles. The van der Waals surface area contributed by atoms with Crippen LogP contribution in [0, 0.1) is 18.3 Å². The quantitative estimate of drug-likeness (QED) is 0.826. The van der Waals surface area contributed by atoms with Crippen LogP contribution in [0.3, 0.4) is 0 Å². The molecule has 0 bridgehead atoms. The molecule has 0 aromatic carbocycles. The van der Waals surface area contributed by atoms with Gasteiger partial charge in [-0.05, 0) is 38.4 Å². The van der Waals surface area contributed by atoms with Gasteiger partial charge in [-0.15, -0.1) is 0 Å². The third kappa shape index (κ3) is 3.70. The lowest BCUT2D eigenvalue weighted by atomic mass is 9.85. The predicted octanol–water partition coefficient (Wildman–Crippen LogP) is 1.61. The molecule has 2 rings (SSSR count). The molecule has 1 aliphatic carbocycles. The molecule has 1 saturated carbocycles. The van der Waals surface area contributed by atoms with Crippen molar-refractivity contribution in [2.45, 2.75) is 38.8 Å². The van der Waals surface area contributed by atoms with Crippen LogP contribution in [0.5, 0.6) is 0 Å². The van der Waals surface area contributed by atoms with Gasteiger partial charge in [0.1, 0.15) is 11.9 Å². The summed E-state index contributed by atoms with van der Waals surface area (Å²) in [5.74, 6) is -0.164. The molecule has 0 amide bonds. The Morgan fingerprint density at radius 3 is 2.86 bits per heavy atom. The molecule has 0 spiro atoms. The SMILES string of the molecule is CCN(CC(=O)O)C1CC(Nc2nc(C)ccc2C#N)C1. The minimum absolute atomic E-state index is 0.0834. The maximum atomic E-state index is 10.8. The molecule has 0 atom stereocenters. The summed E-state index contributed by atoms with van der Waals surface area (Å²) in [4.78, 5) is 17.1. The number of carboxylic acids is 1. The Morgan fingerprint density at radius 2 is 2.29 bits per heavy atom. The summed E-state index contributed by atoms with van der Waals surface area (Å²) < 4.78 is 0. The van der Waals surface area contributed by atoms with Crippen LogP contribution in [0.2, 0.25) is 0 Å². The number of nitrogens with one attached hydrogen (secondary N) is 1. The summed E-state index contributed by atoms with van der Waals surface area (Å²) in [5, 5.41) is 21.3. The number of hydrogen-bond acceptors (Lipinski definition) is 5. The van der Waals surface area contributed by atoms with Crippen molar-refractivity contribution in [2.75, 3.05) is 18.4 Å². The summed E-state index contributed by atoms with van der Waals surface area (Å²) in [6, 6.07) is 6.26. The van der Waals surface area contributed by atoms with Crippen molar-refractivity contribution in [3.05, 3.63) is 23.4 Å². The predicted molar refractivity (Wildman–Crippen MR) is 79.0 cm³/mol. The van der Waals surface area contributed by atoms with E-state index in [1.54, 1.807) is 6.07 Å². The summed E-state index contributed by atoms with van der Waals surface area (Å²) in [5.41, 5.74) is 1.41. The van der Waals surface area contributed by atoms with Gasteiger partial charge in [0.15, 0.2) is 0 Å². The average molecular weight is 288 g/mol. The lowest BCUT2D eigenvalue weighted by molar-refractivity contribution is -0.139. The Hall–Kier alpha value is -2.13. The van der Waals surface area contributed by atoms with Crippen LogP contribution in [-0.2, 0) is 4.79 Å². The highest BCUT2D eigenvalue weighted by atomic mass is 16.4. The van der Waals surface area contributed by atoms with Crippen molar-refractivity contribution < 1.29 is 9.90 Å². The van der Waals surface area contributed by atoms with Crippen LogP contribution in [0.4, 0.5) is 5.82 Å². The molecule has 1 heterocycles. The first-order valence-corrected chi connectivity index (χ1v) is 7.13. The normalized spacial score (nSPS) is 20.7. The molecule has 21 heavy (non-hydrogen) atoms. The van der Waals surface area contributed by atoms with Gasteiger partial charge in [-0.2, -0.15) is 5.26 Å². The molecular formula is C15H20N4O2. The molecular weight excluding hydrogens is 268 g/mol. The van der Waals surface area contributed by atoms with Crippen LogP contribution < -0.4 is 5.32 Å². The van der Waals surface area contributed by atoms with E-state index in [0.29, 0.717) is 17.4 Å². The minimum Gasteiger partial charge on any atom is -0.480 e. The van der Waals surface area contributed by atoms with Crippen molar-refractivity contribution in [2.24, 2.45) is 0 Å². The number of aromatic nitrogens is 1. The number of hydrogen-bond donors (Lipinski definition) is 2. The number of carboxylic acid groups (broad SMARTS) is 1. The van der Waals surface area contributed by atoms with Gasteiger partial charge in [0.05, 0.1) is 12.1 Å². The lowest BCUT2D eigenvalue weighted by Gasteiger charge is -2.42. The number of aliphatic carboxylic acids is 1. The van der Waals surface area contributed by atoms with E-state index in [4.69, 9.17) is 10.4 Å². The highest BCUT2D eigenvalue weighted by Crippen LogP contribution is 2.29. The lowest BCUT2D eigenvalue weighted by Crippen LogP contribution is -2.51. The summed E-state index contributed by atoms with van der Waals surface area (Å²) in [6.07, 6.45) is 1.75. The number of carbonyl (C=O) groups is 1. The molecule has 2 N–H and O–H groups in total. The third-order valence-electron chi connectivity index (χ3n) is 3.87. The zero-order chi connectivity index (χ0) is 15.4. The molecule has 1 aromatic rings. The smallest absolute Gasteiger partial charge is 0.317 e. The van der Waals surface area contributed by atoms with Crippen molar-refractivity contribution in [3.8, 4) is 6.07 Å². The number of aryl methyl sites for hydroxylation is 1. The Morgan fingerprint density at radius 1 is 1.57 bits per heavy atom. The minimum atomic E-state index is -0.791. The van der Waals surface area contributed by atoms with E-state index in [9.17, 15) is 4.79 Å². The Labute approximate surface area is 124 Å². The second kappa shape index (κ2) is 6.55. The summed E-state index contributed by atoms with van der Waals surface area (Å²) in [7, 11) is 0. The highest BCUT2D eigenvalue weighted by Gasteiger charge is 2.34. The first-order valence-electron chi connectivity index (χ1n) is 7.13. The van der Waals surface area contributed by atoms with Crippen LogP contribution in [-0.4, -0.2) is 46.1 Å². The van der Waals surface area contributed by atoms with Gasteiger partial charge in [-0.1, -0.05) is 6.92 Å². The number of pyridine rings is 1. The standard InChI is InChI=1S/C15H20N4O2/c1-3-19(9-14(20)21)13-6-12(7-13)18-15-11(8-16)5-4-10(2)17-15/h4-5,12-13H,3,6-7,9H2,1-2H3,(H,17,18)(H,20,21). The van der Waals surface area contributed by atoms with Gasteiger partial charge in [-0.25, -0.2) is 4.98 Å². The van der Waals surface area contributed by atoms with E-state index in [1.165, 1.54) is 0 Å². The fourth-order valence-electron chi connectivity index (χ4n) is 2.63. The van der Waals surface area contributed by atoms with Crippen LogP contribution >= 0.6 is 0 Å². The van der Waals surface area contributed by atoms with Crippen molar-refractivity contribution >= 4 is 11.8 Å². The molecule has 0 saturated heterocycles. The number of likely N-dealkylation sites (N-methyl/N-ethyl adjacent to an activating group) is 1. The molecule has 6 nitrogen and oxygen atoms in total. The number of nitriles is 1. The van der Waals surface area contributed by atoms with E-state index in [2.05, 4.69) is 16.4 Å². The monoisotopic (exact) mass is 288 g/mol. The second-order valence-corrected chi connectivity index (χ2v) is 5.38. The summed E-state index contributed by atoms with van der Waals surface area (Å²) in [6.45, 7) is 4.68. The van der Waals surface area contributed by atoms with Crippen molar-refractivity contribution in [3.63, 3.8) is 0 Å². The van der Waals surface area contributed by atoms with Gasteiger partial charge in [0.2, 0.25) is 0 Å². The third-order valence-corrected chi connectivity index (χ3v) is 3.87. The first kappa shape index (κ1) is 15.3. The van der Waals surface area contributed by atoms with Gasteiger partial charge in [-0.3, -0.25) is 9.69 Å². The Kier molecular flexibility index (Phi) is 4.76. The van der Waals surface area contributed by atoms with Gasteiger partial charge in [0.25, 0.3) is 0 Å². The fourth-order valence-corrected chi connectivity index (χ4v) is 2.63. The zero-order valence-electron chi connectivity index (χ0n) is 12.3. The van der Waals surface area contributed by atoms with E-state index in [0.717, 1.165) is 25.1 Å². The van der Waals surface area contributed by atoms with E-state index >= 15 is 0 Å². The van der Waals surface area contributed by atoms with E-state index < -0.39 is 5.97 Å². The van der Waals surface area contributed by atoms with Crippen molar-refractivity contribution in [1.82, 2.24) is 9.88 Å².